The van der Waals surface area contributed by atoms with Gasteiger partial charge in [-0.3, -0.25) is 9.59 Å². The fourth-order valence-electron chi connectivity index (χ4n) is 5.25. The highest BCUT2D eigenvalue weighted by molar-refractivity contribution is 5.94. The van der Waals surface area contributed by atoms with Crippen LogP contribution in [0.2, 0.25) is 0 Å². The van der Waals surface area contributed by atoms with Gasteiger partial charge in [0.1, 0.15) is 5.69 Å². The molecule has 202 valence electrons. The van der Waals surface area contributed by atoms with Gasteiger partial charge in [0.15, 0.2) is 11.6 Å². The lowest BCUT2D eigenvalue weighted by Gasteiger charge is -2.19. The van der Waals surface area contributed by atoms with Crippen LogP contribution in [0.15, 0.2) is 53.5 Å². The first-order valence-electron chi connectivity index (χ1n) is 13.1. The molecule has 0 radical (unpaired) electrons. The Hall–Kier alpha value is -3.96. The van der Waals surface area contributed by atoms with E-state index < -0.39 is 17.2 Å². The number of likely N-dealkylation sites (tertiary alicyclic amines) is 2. The fraction of sp³-hybridized carbons (Fsp3) is 0.357. The summed E-state index contributed by atoms with van der Waals surface area (Å²) in [4.78, 5) is 32.4. The van der Waals surface area contributed by atoms with Crippen LogP contribution >= 0.6 is 0 Å². The van der Waals surface area contributed by atoms with Crippen molar-refractivity contribution in [3.05, 3.63) is 76.2 Å². The van der Waals surface area contributed by atoms with Crippen molar-refractivity contribution in [1.29, 1.82) is 0 Å². The molecule has 6 rings (SSSR count). The van der Waals surface area contributed by atoms with Crippen LogP contribution in [0.4, 0.5) is 8.78 Å². The highest BCUT2D eigenvalue weighted by Gasteiger charge is 2.27. The SMILES string of the molecule is O=C(c1ccc(-n2cc(-c3cc4cc(F)c(F)cc4[nH]c3=O)nn2)cc1)N1CCC(OCCN2CCCC2)C1. The first-order valence-corrected chi connectivity index (χ1v) is 13.1. The molecule has 39 heavy (non-hydrogen) atoms. The normalized spacial score (nSPS) is 17.9. The van der Waals surface area contributed by atoms with E-state index in [1.54, 1.807) is 30.5 Å². The quantitative estimate of drug-likeness (QED) is 0.391. The van der Waals surface area contributed by atoms with Gasteiger partial charge in [0.2, 0.25) is 0 Å². The molecule has 2 aliphatic rings. The molecule has 2 aromatic heterocycles. The molecule has 0 bridgehead atoms. The van der Waals surface area contributed by atoms with Gasteiger partial charge in [0.25, 0.3) is 11.5 Å². The van der Waals surface area contributed by atoms with Crippen LogP contribution in [-0.4, -0.2) is 81.1 Å². The molecule has 0 saturated carbocycles. The van der Waals surface area contributed by atoms with Crippen molar-refractivity contribution < 1.29 is 18.3 Å². The van der Waals surface area contributed by atoms with E-state index >= 15 is 0 Å². The molecule has 1 atom stereocenters. The number of hydrogen-bond acceptors (Lipinski definition) is 6. The van der Waals surface area contributed by atoms with E-state index in [0.29, 0.717) is 36.3 Å². The number of ether oxygens (including phenoxy) is 1. The molecule has 9 nitrogen and oxygen atoms in total. The molecular weight excluding hydrogens is 506 g/mol. The maximum Gasteiger partial charge on any atom is 0.258 e. The number of halogens is 2. The number of aromatic amines is 1. The maximum atomic E-state index is 13.7. The summed E-state index contributed by atoms with van der Waals surface area (Å²) in [5.74, 6) is -2.09. The van der Waals surface area contributed by atoms with Crippen LogP contribution < -0.4 is 5.56 Å². The Morgan fingerprint density at radius 1 is 1.05 bits per heavy atom. The maximum absolute atomic E-state index is 13.7. The Kier molecular flexibility index (Phi) is 6.92. The molecule has 1 N–H and O–H groups in total. The second-order valence-corrected chi connectivity index (χ2v) is 10.0. The van der Waals surface area contributed by atoms with E-state index in [1.807, 2.05) is 4.90 Å². The van der Waals surface area contributed by atoms with Crippen molar-refractivity contribution in [1.82, 2.24) is 29.8 Å². The van der Waals surface area contributed by atoms with E-state index in [9.17, 15) is 18.4 Å². The van der Waals surface area contributed by atoms with Crippen molar-refractivity contribution in [2.24, 2.45) is 0 Å². The first-order chi connectivity index (χ1) is 18.9. The van der Waals surface area contributed by atoms with Gasteiger partial charge in [-0.15, -0.1) is 5.10 Å². The summed E-state index contributed by atoms with van der Waals surface area (Å²) >= 11 is 0. The first kappa shape index (κ1) is 25.3. The summed E-state index contributed by atoms with van der Waals surface area (Å²) < 4.78 is 34.7. The lowest BCUT2D eigenvalue weighted by Crippen LogP contribution is -2.31. The zero-order valence-corrected chi connectivity index (χ0v) is 21.3. The van der Waals surface area contributed by atoms with Gasteiger partial charge in [0.05, 0.1) is 35.7 Å². The predicted octanol–water partition coefficient (Wildman–Crippen LogP) is 3.38. The number of hydrogen-bond donors (Lipinski definition) is 1. The topological polar surface area (TPSA) is 96.3 Å². The Labute approximate surface area is 223 Å². The van der Waals surface area contributed by atoms with Gasteiger partial charge in [-0.25, -0.2) is 13.5 Å². The average Bonchev–Trinajstić information content (AvgIpc) is 3.72. The number of rotatable bonds is 7. The van der Waals surface area contributed by atoms with E-state index in [4.69, 9.17) is 4.74 Å². The summed E-state index contributed by atoms with van der Waals surface area (Å²) in [5.41, 5.74) is 1.37. The Bertz CT molecular complexity index is 1560. The van der Waals surface area contributed by atoms with Crippen LogP contribution in [0, 0.1) is 11.6 Å². The van der Waals surface area contributed by atoms with E-state index in [-0.39, 0.29) is 28.8 Å². The standard InChI is InChI=1S/C28H28F2N6O3/c29-23-14-19-13-22(27(37)31-25(19)15-24(23)30)26-17-36(33-32-26)20-5-3-18(4-6-20)28(38)35-10-7-21(16-35)39-12-11-34-8-1-2-9-34/h3-6,13-15,17,21H,1-2,7-12,16H2,(H,31,37). The van der Waals surface area contributed by atoms with Crippen LogP contribution in [-0.2, 0) is 4.74 Å². The van der Waals surface area contributed by atoms with Crippen LogP contribution in [0.1, 0.15) is 29.6 Å². The number of aromatic nitrogens is 4. The van der Waals surface area contributed by atoms with Gasteiger partial charge < -0.3 is 19.5 Å². The minimum absolute atomic E-state index is 0.0437. The lowest BCUT2D eigenvalue weighted by atomic mass is 10.1. The Morgan fingerprint density at radius 2 is 1.82 bits per heavy atom. The Morgan fingerprint density at radius 3 is 2.62 bits per heavy atom. The second-order valence-electron chi connectivity index (χ2n) is 10.0. The molecule has 4 aromatic rings. The molecule has 0 spiro atoms. The molecule has 4 heterocycles. The summed E-state index contributed by atoms with van der Waals surface area (Å²) in [6.45, 7) is 5.19. The number of carbonyl (C=O) groups excluding carboxylic acids is 1. The number of H-pyrrole nitrogens is 1. The minimum atomic E-state index is -1.04. The number of pyridine rings is 1. The van der Waals surface area contributed by atoms with E-state index in [1.165, 1.54) is 23.6 Å². The number of nitrogens with zero attached hydrogens (tertiary/aromatic N) is 5. The summed E-state index contributed by atoms with van der Waals surface area (Å²) in [7, 11) is 0. The Balaban J connectivity index is 1.10. The molecule has 2 saturated heterocycles. The third-order valence-electron chi connectivity index (χ3n) is 7.43. The molecule has 2 fully saturated rings. The number of carbonyl (C=O) groups is 1. The van der Waals surface area contributed by atoms with Crippen molar-refractivity contribution >= 4 is 16.8 Å². The molecule has 1 unspecified atom stereocenters. The largest absolute Gasteiger partial charge is 0.375 e. The third-order valence-corrected chi connectivity index (χ3v) is 7.43. The van der Waals surface area contributed by atoms with Crippen LogP contribution in [0.5, 0.6) is 0 Å². The van der Waals surface area contributed by atoms with Gasteiger partial charge >= 0.3 is 0 Å². The molecule has 1 amide bonds. The zero-order valence-electron chi connectivity index (χ0n) is 21.3. The van der Waals surface area contributed by atoms with Crippen molar-refractivity contribution in [3.63, 3.8) is 0 Å². The predicted molar refractivity (Wildman–Crippen MR) is 141 cm³/mol. The van der Waals surface area contributed by atoms with E-state index in [2.05, 4.69) is 20.2 Å². The monoisotopic (exact) mass is 534 g/mol. The fourth-order valence-corrected chi connectivity index (χ4v) is 5.25. The van der Waals surface area contributed by atoms with Crippen molar-refractivity contribution in [2.75, 3.05) is 39.3 Å². The second kappa shape index (κ2) is 10.7. The highest BCUT2D eigenvalue weighted by atomic mass is 19.2. The van der Waals surface area contributed by atoms with Gasteiger partial charge in [-0.1, -0.05) is 5.21 Å². The van der Waals surface area contributed by atoms with Gasteiger partial charge in [-0.05, 0) is 68.8 Å². The van der Waals surface area contributed by atoms with Gasteiger partial charge in [-0.2, -0.15) is 0 Å². The molecule has 2 aliphatic heterocycles. The summed E-state index contributed by atoms with van der Waals surface area (Å²) in [6, 6.07) is 10.4. The van der Waals surface area contributed by atoms with Crippen molar-refractivity contribution in [2.45, 2.75) is 25.4 Å². The third kappa shape index (κ3) is 5.32. The van der Waals surface area contributed by atoms with Crippen molar-refractivity contribution in [3.8, 4) is 16.9 Å². The molecule has 11 heteroatoms. The van der Waals surface area contributed by atoms with E-state index in [0.717, 1.165) is 38.2 Å². The molecule has 2 aromatic carbocycles. The molecule has 0 aliphatic carbocycles. The number of benzene rings is 2. The number of amides is 1. The van der Waals surface area contributed by atoms with Crippen LogP contribution in [0.3, 0.4) is 0 Å². The summed E-state index contributed by atoms with van der Waals surface area (Å²) in [6.07, 6.45) is 4.99. The zero-order chi connectivity index (χ0) is 26.9. The van der Waals surface area contributed by atoms with Gasteiger partial charge in [0, 0.05) is 36.7 Å². The highest BCUT2D eigenvalue weighted by Crippen LogP contribution is 2.22. The smallest absolute Gasteiger partial charge is 0.258 e. The average molecular weight is 535 g/mol. The number of fused-ring (bicyclic) bond motifs is 1. The minimum Gasteiger partial charge on any atom is -0.375 e. The number of nitrogens with one attached hydrogen (secondary N) is 1. The molecular formula is C28H28F2N6O3. The van der Waals surface area contributed by atoms with Crippen LogP contribution in [0.25, 0.3) is 27.8 Å². The lowest BCUT2D eigenvalue weighted by molar-refractivity contribution is 0.0437. The summed E-state index contributed by atoms with van der Waals surface area (Å²) in [5, 5.41) is 8.52.